The summed E-state index contributed by atoms with van der Waals surface area (Å²) in [4.78, 5) is 0. The van der Waals surface area contributed by atoms with Crippen molar-refractivity contribution in [3.05, 3.63) is 125 Å². The molecule has 138 valence electrons. The topological polar surface area (TPSA) is 38.0 Å². The van der Waals surface area contributed by atoms with Crippen LogP contribution in [0.5, 0.6) is 0 Å². The highest BCUT2D eigenvalue weighted by molar-refractivity contribution is 5.74. The van der Waals surface area contributed by atoms with Crippen LogP contribution in [0.3, 0.4) is 0 Å². The van der Waals surface area contributed by atoms with Gasteiger partial charge in [0.25, 0.3) is 0 Å². The highest BCUT2D eigenvalue weighted by atomic mass is 15.2. The second-order valence-corrected chi connectivity index (χ2v) is 6.95. The molecule has 28 heavy (non-hydrogen) atoms. The summed E-state index contributed by atoms with van der Waals surface area (Å²) in [5.41, 5.74) is 11.5. The van der Waals surface area contributed by atoms with Gasteiger partial charge in [0, 0.05) is 0 Å². The van der Waals surface area contributed by atoms with E-state index in [9.17, 15) is 0 Å². The molecule has 0 unspecified atom stereocenters. The Morgan fingerprint density at radius 3 is 1.57 bits per heavy atom. The Kier molecular flexibility index (Phi) is 5.51. The fourth-order valence-corrected chi connectivity index (χ4v) is 3.72. The number of anilines is 1. The monoisotopic (exact) mass is 364 g/mol. The van der Waals surface area contributed by atoms with Gasteiger partial charge in [-0.1, -0.05) is 97.1 Å². The quantitative estimate of drug-likeness (QED) is 0.334. The van der Waals surface area contributed by atoms with Crippen molar-refractivity contribution >= 4 is 5.69 Å². The van der Waals surface area contributed by atoms with Crippen LogP contribution in [0, 0.1) is 0 Å². The zero-order valence-corrected chi connectivity index (χ0v) is 15.8. The van der Waals surface area contributed by atoms with E-state index in [-0.39, 0.29) is 0 Å². The number of hydrogen-bond donors (Lipinski definition) is 2. The van der Waals surface area contributed by atoms with Crippen molar-refractivity contribution in [3.63, 3.8) is 0 Å². The minimum Gasteiger partial charge on any atom is -0.324 e. The second-order valence-electron chi connectivity index (χ2n) is 6.95. The third-order valence-corrected chi connectivity index (χ3v) is 5.12. The van der Waals surface area contributed by atoms with Gasteiger partial charge in [0.05, 0.1) is 5.69 Å². The minimum absolute atomic E-state index is 0.837. The molecule has 0 fully saturated rings. The zero-order chi connectivity index (χ0) is 19.2. The average Bonchev–Trinajstić information content (AvgIpc) is 2.77. The molecule has 0 spiro atoms. The van der Waals surface area contributed by atoms with E-state index in [0.29, 0.717) is 0 Å². The molecular weight excluding hydrogens is 340 g/mol. The summed E-state index contributed by atoms with van der Waals surface area (Å²) in [5.74, 6) is 5.91. The van der Waals surface area contributed by atoms with E-state index < -0.39 is 0 Å². The van der Waals surface area contributed by atoms with Crippen LogP contribution < -0.4 is 11.3 Å². The maximum atomic E-state index is 5.91. The van der Waals surface area contributed by atoms with E-state index in [1.165, 1.54) is 33.4 Å². The lowest BCUT2D eigenvalue weighted by Crippen LogP contribution is -2.12. The van der Waals surface area contributed by atoms with Gasteiger partial charge in [0.2, 0.25) is 0 Å². The van der Waals surface area contributed by atoms with E-state index in [0.717, 1.165) is 18.5 Å². The van der Waals surface area contributed by atoms with Gasteiger partial charge in [0.1, 0.15) is 0 Å². The number of hydrogen-bond acceptors (Lipinski definition) is 2. The van der Waals surface area contributed by atoms with Crippen LogP contribution in [0.4, 0.5) is 5.69 Å². The van der Waals surface area contributed by atoms with Crippen molar-refractivity contribution in [3.8, 4) is 11.1 Å². The second kappa shape index (κ2) is 8.55. The van der Waals surface area contributed by atoms with E-state index in [1.54, 1.807) is 0 Å². The first-order valence-corrected chi connectivity index (χ1v) is 9.60. The molecule has 0 radical (unpaired) electrons. The van der Waals surface area contributed by atoms with Crippen molar-refractivity contribution in [2.75, 3.05) is 5.43 Å². The van der Waals surface area contributed by atoms with Crippen LogP contribution in [0.2, 0.25) is 0 Å². The molecule has 0 aliphatic rings. The van der Waals surface area contributed by atoms with Gasteiger partial charge < -0.3 is 5.43 Å². The van der Waals surface area contributed by atoms with Gasteiger partial charge in [-0.3, -0.25) is 5.84 Å². The molecule has 0 atom stereocenters. The molecule has 3 N–H and O–H groups in total. The summed E-state index contributed by atoms with van der Waals surface area (Å²) in [5, 5.41) is 0. The van der Waals surface area contributed by atoms with Crippen LogP contribution >= 0.6 is 0 Å². The fourth-order valence-electron chi connectivity index (χ4n) is 3.72. The lowest BCUT2D eigenvalue weighted by Gasteiger charge is -2.19. The smallest absolute Gasteiger partial charge is 0.0523 e. The van der Waals surface area contributed by atoms with E-state index in [4.69, 9.17) is 5.84 Å². The van der Waals surface area contributed by atoms with Gasteiger partial charge >= 0.3 is 0 Å². The molecule has 0 amide bonds. The van der Waals surface area contributed by atoms with E-state index >= 15 is 0 Å². The molecular formula is C26H24N2. The third-order valence-electron chi connectivity index (χ3n) is 5.12. The summed E-state index contributed by atoms with van der Waals surface area (Å²) >= 11 is 0. The number of benzene rings is 4. The summed E-state index contributed by atoms with van der Waals surface area (Å²) in [6.45, 7) is 0. The molecule has 0 aliphatic heterocycles. The maximum Gasteiger partial charge on any atom is 0.0523 e. The Balaban J connectivity index is 1.88. The SMILES string of the molecule is NNc1ccc(-c2ccccc2)c(Cc2ccccc2)c1Cc1ccccc1. The Labute approximate surface area is 166 Å². The summed E-state index contributed by atoms with van der Waals surface area (Å²) in [6.07, 6.45) is 1.70. The van der Waals surface area contributed by atoms with Crippen LogP contribution in [0.15, 0.2) is 103 Å². The standard InChI is InChI=1S/C26H24N2/c27-28-26-17-16-23(22-14-8-3-9-15-22)24(18-20-10-4-1-5-11-20)25(26)19-21-12-6-2-7-13-21/h1-17,28H,18-19,27H2. The molecule has 2 nitrogen and oxygen atoms in total. The van der Waals surface area contributed by atoms with Gasteiger partial charge in [-0.15, -0.1) is 0 Å². The lowest BCUT2D eigenvalue weighted by atomic mass is 9.87. The number of hydrazine groups is 1. The molecule has 0 aromatic heterocycles. The van der Waals surface area contributed by atoms with Crippen molar-refractivity contribution in [1.29, 1.82) is 0 Å². The predicted molar refractivity (Wildman–Crippen MR) is 118 cm³/mol. The Bertz CT molecular complexity index is 1030. The number of nitrogens with one attached hydrogen (secondary N) is 1. The molecule has 0 saturated carbocycles. The highest BCUT2D eigenvalue weighted by Crippen LogP contribution is 2.34. The summed E-state index contributed by atoms with van der Waals surface area (Å²) in [7, 11) is 0. The Morgan fingerprint density at radius 1 is 0.536 bits per heavy atom. The van der Waals surface area contributed by atoms with Crippen LogP contribution in [-0.2, 0) is 12.8 Å². The molecule has 4 rings (SSSR count). The Hall–Kier alpha value is -3.36. The molecule has 0 saturated heterocycles. The fraction of sp³-hybridized carbons (Fsp3) is 0.0769. The summed E-state index contributed by atoms with van der Waals surface area (Å²) < 4.78 is 0. The minimum atomic E-state index is 0.837. The third kappa shape index (κ3) is 3.98. The molecule has 0 aliphatic carbocycles. The number of nitrogens with two attached hydrogens (primary N) is 1. The zero-order valence-electron chi connectivity index (χ0n) is 15.8. The van der Waals surface area contributed by atoms with E-state index in [2.05, 4.69) is 109 Å². The van der Waals surface area contributed by atoms with Crippen molar-refractivity contribution in [2.24, 2.45) is 5.84 Å². The van der Waals surface area contributed by atoms with Gasteiger partial charge in [-0.05, 0) is 52.3 Å². The van der Waals surface area contributed by atoms with Crippen LogP contribution in [0.1, 0.15) is 22.3 Å². The average molecular weight is 364 g/mol. The number of rotatable bonds is 6. The first kappa shape index (κ1) is 18.0. The first-order valence-electron chi connectivity index (χ1n) is 9.60. The van der Waals surface area contributed by atoms with Gasteiger partial charge in [0.15, 0.2) is 0 Å². The molecule has 0 heterocycles. The molecule has 4 aromatic rings. The first-order chi connectivity index (χ1) is 13.8. The largest absolute Gasteiger partial charge is 0.324 e. The molecule has 2 heteroatoms. The highest BCUT2D eigenvalue weighted by Gasteiger charge is 2.15. The van der Waals surface area contributed by atoms with Gasteiger partial charge in [-0.2, -0.15) is 0 Å². The van der Waals surface area contributed by atoms with Crippen LogP contribution in [0.25, 0.3) is 11.1 Å². The van der Waals surface area contributed by atoms with Crippen LogP contribution in [-0.4, -0.2) is 0 Å². The normalized spacial score (nSPS) is 10.6. The Morgan fingerprint density at radius 2 is 1.04 bits per heavy atom. The molecule has 0 bridgehead atoms. The van der Waals surface area contributed by atoms with Crippen molar-refractivity contribution in [2.45, 2.75) is 12.8 Å². The number of nitrogen functional groups attached to an aromatic ring is 1. The van der Waals surface area contributed by atoms with Crippen molar-refractivity contribution in [1.82, 2.24) is 0 Å². The maximum absolute atomic E-state index is 5.91. The predicted octanol–water partition coefficient (Wildman–Crippen LogP) is 5.82. The van der Waals surface area contributed by atoms with Gasteiger partial charge in [-0.25, -0.2) is 0 Å². The van der Waals surface area contributed by atoms with Crippen molar-refractivity contribution < 1.29 is 0 Å². The molecule has 4 aromatic carbocycles. The lowest BCUT2D eigenvalue weighted by molar-refractivity contribution is 1.09. The van der Waals surface area contributed by atoms with E-state index in [1.807, 2.05) is 0 Å². The summed E-state index contributed by atoms with van der Waals surface area (Å²) in [6, 6.07) is 36.0.